The Morgan fingerprint density at radius 2 is 1.86 bits per heavy atom. The number of esters is 1. The van der Waals surface area contributed by atoms with E-state index >= 15 is 0 Å². The fraction of sp³-hybridized carbons (Fsp3) is 0.379. The molecule has 8 heteroatoms. The molecule has 196 valence electrons. The average Bonchev–Trinajstić information content (AvgIpc) is 2.85. The molecule has 0 radical (unpaired) electrons. The number of benzene rings is 2. The lowest BCUT2D eigenvalue weighted by Crippen LogP contribution is -2.36. The highest BCUT2D eigenvalue weighted by Gasteiger charge is 2.42. The van der Waals surface area contributed by atoms with Crippen molar-refractivity contribution in [3.05, 3.63) is 74.5 Å². The summed E-state index contributed by atoms with van der Waals surface area (Å²) in [6, 6.07) is 11.2. The Balaban J connectivity index is 1.83. The van der Waals surface area contributed by atoms with Crippen LogP contribution in [0, 0.1) is 0 Å². The second-order valence-electron chi connectivity index (χ2n) is 9.53. The van der Waals surface area contributed by atoms with Crippen molar-refractivity contribution in [2.75, 3.05) is 13.7 Å². The number of Topliss-reactive ketones (excluding diaryl/α,β-unsaturated/α-hetero) is 1. The van der Waals surface area contributed by atoms with Crippen LogP contribution in [-0.2, 0) is 14.3 Å². The quantitative estimate of drug-likeness (QED) is 0.402. The lowest BCUT2D eigenvalue weighted by molar-refractivity contribution is -0.143. The van der Waals surface area contributed by atoms with Gasteiger partial charge in [0, 0.05) is 29.3 Å². The molecule has 0 bridgehead atoms. The topological polar surface area (TPSA) is 94.1 Å². The number of phenols is 1. The highest BCUT2D eigenvalue weighted by atomic mass is 79.9. The minimum absolute atomic E-state index is 0.00666. The second kappa shape index (κ2) is 11.0. The molecular weight excluding hydrogens is 538 g/mol. The van der Waals surface area contributed by atoms with Gasteiger partial charge < -0.3 is 24.6 Å². The zero-order valence-electron chi connectivity index (χ0n) is 21.7. The predicted molar refractivity (Wildman–Crippen MR) is 144 cm³/mol. The standard InChI is InChI=1S/C29H32BrNO6/c1-6-36-24-14-19(11-21(30)28(24)33)26-25(29(34)37-15(2)3)16(4)31-22-12-18(13-23(32)27(22)26)17-7-9-20(35-5)10-8-17/h7-11,14-15,18,26,31,33H,6,12-13H2,1-5H3. The predicted octanol–water partition coefficient (Wildman–Crippen LogP) is 5.88. The minimum atomic E-state index is -0.664. The summed E-state index contributed by atoms with van der Waals surface area (Å²) in [5.41, 5.74) is 4.07. The molecule has 1 aliphatic heterocycles. The number of aromatic hydroxyl groups is 1. The van der Waals surface area contributed by atoms with Gasteiger partial charge in [0.2, 0.25) is 0 Å². The van der Waals surface area contributed by atoms with Crippen molar-refractivity contribution in [2.45, 2.75) is 58.5 Å². The van der Waals surface area contributed by atoms with Gasteiger partial charge in [-0.15, -0.1) is 0 Å². The van der Waals surface area contributed by atoms with Gasteiger partial charge >= 0.3 is 5.97 Å². The second-order valence-corrected chi connectivity index (χ2v) is 10.4. The number of carbonyl (C=O) groups excluding carboxylic acids is 2. The van der Waals surface area contributed by atoms with E-state index in [0.717, 1.165) is 17.0 Å². The van der Waals surface area contributed by atoms with E-state index in [9.17, 15) is 14.7 Å². The summed E-state index contributed by atoms with van der Waals surface area (Å²) in [7, 11) is 1.62. The number of nitrogens with one attached hydrogen (secondary N) is 1. The Kier molecular flexibility index (Phi) is 7.97. The molecular formula is C29H32BrNO6. The van der Waals surface area contributed by atoms with Crippen molar-refractivity contribution in [3.63, 3.8) is 0 Å². The van der Waals surface area contributed by atoms with Gasteiger partial charge in [-0.05, 0) is 91.4 Å². The summed E-state index contributed by atoms with van der Waals surface area (Å²) in [5, 5.41) is 13.9. The number of halogens is 1. The molecule has 2 unspecified atom stereocenters. The monoisotopic (exact) mass is 569 g/mol. The first-order valence-corrected chi connectivity index (χ1v) is 13.2. The molecule has 2 aromatic carbocycles. The van der Waals surface area contributed by atoms with Crippen LogP contribution in [0.5, 0.6) is 17.2 Å². The third kappa shape index (κ3) is 5.39. The van der Waals surface area contributed by atoms with Gasteiger partial charge in [-0.2, -0.15) is 0 Å². The zero-order chi connectivity index (χ0) is 26.9. The molecule has 7 nitrogen and oxygen atoms in total. The SMILES string of the molecule is CCOc1cc(C2C(C(=O)OC(C)C)=C(C)NC3=C2C(=O)CC(c2ccc(OC)cc2)C3)cc(Br)c1O. The van der Waals surface area contributed by atoms with E-state index < -0.39 is 11.9 Å². The molecule has 2 atom stereocenters. The maximum absolute atomic E-state index is 13.8. The molecule has 4 rings (SSSR count). The molecule has 1 heterocycles. The van der Waals surface area contributed by atoms with Gasteiger partial charge in [0.1, 0.15) is 5.75 Å². The summed E-state index contributed by atoms with van der Waals surface area (Å²) in [4.78, 5) is 27.1. The molecule has 0 spiro atoms. The lowest BCUT2D eigenvalue weighted by Gasteiger charge is -2.37. The molecule has 0 amide bonds. The fourth-order valence-electron chi connectivity index (χ4n) is 5.06. The number of hydrogen-bond donors (Lipinski definition) is 2. The van der Waals surface area contributed by atoms with Gasteiger partial charge in [0.25, 0.3) is 0 Å². The summed E-state index contributed by atoms with van der Waals surface area (Å²) < 4.78 is 16.9. The average molecular weight is 570 g/mol. The van der Waals surface area contributed by atoms with Crippen molar-refractivity contribution in [2.24, 2.45) is 0 Å². The Labute approximate surface area is 225 Å². The van der Waals surface area contributed by atoms with Crippen molar-refractivity contribution in [3.8, 4) is 17.2 Å². The van der Waals surface area contributed by atoms with Crippen molar-refractivity contribution in [1.82, 2.24) is 5.32 Å². The largest absolute Gasteiger partial charge is 0.503 e. The maximum Gasteiger partial charge on any atom is 0.337 e. The Bertz CT molecular complexity index is 1280. The lowest BCUT2D eigenvalue weighted by atomic mass is 9.71. The first kappa shape index (κ1) is 26.8. The van der Waals surface area contributed by atoms with Crippen molar-refractivity contribution >= 4 is 27.7 Å². The van der Waals surface area contributed by atoms with Gasteiger partial charge in [-0.1, -0.05) is 12.1 Å². The number of rotatable bonds is 7. The van der Waals surface area contributed by atoms with Gasteiger partial charge in [-0.25, -0.2) is 4.79 Å². The van der Waals surface area contributed by atoms with Crippen LogP contribution >= 0.6 is 15.9 Å². The summed E-state index contributed by atoms with van der Waals surface area (Å²) in [6.45, 7) is 7.58. The summed E-state index contributed by atoms with van der Waals surface area (Å²) in [5.74, 6) is -0.184. The number of phenolic OH excluding ortho intramolecular Hbond substituents is 1. The number of dihydropyridines is 1. The molecule has 2 N–H and O–H groups in total. The van der Waals surface area contributed by atoms with E-state index in [0.29, 0.717) is 46.3 Å². The van der Waals surface area contributed by atoms with E-state index in [4.69, 9.17) is 14.2 Å². The molecule has 0 fully saturated rings. The number of carbonyl (C=O) groups is 2. The van der Waals surface area contributed by atoms with E-state index in [-0.39, 0.29) is 29.3 Å². The number of allylic oxidation sites excluding steroid dienone is 3. The summed E-state index contributed by atoms with van der Waals surface area (Å²) >= 11 is 3.41. The van der Waals surface area contributed by atoms with Gasteiger partial charge in [0.05, 0.1) is 29.9 Å². The first-order chi connectivity index (χ1) is 17.6. The van der Waals surface area contributed by atoms with Crippen LogP contribution in [0.25, 0.3) is 0 Å². The Morgan fingerprint density at radius 1 is 1.16 bits per heavy atom. The van der Waals surface area contributed by atoms with Crippen molar-refractivity contribution < 1.29 is 28.9 Å². The van der Waals surface area contributed by atoms with Crippen LogP contribution < -0.4 is 14.8 Å². The third-order valence-electron chi connectivity index (χ3n) is 6.66. The molecule has 37 heavy (non-hydrogen) atoms. The van der Waals surface area contributed by atoms with Gasteiger partial charge in [-0.3, -0.25) is 4.79 Å². The molecule has 1 aliphatic carbocycles. The Hall–Kier alpha value is -3.26. The minimum Gasteiger partial charge on any atom is -0.503 e. The number of ketones is 1. The highest BCUT2D eigenvalue weighted by Crippen LogP contribution is 2.48. The van der Waals surface area contributed by atoms with Crippen LogP contribution in [-0.4, -0.2) is 36.7 Å². The molecule has 2 aromatic rings. The van der Waals surface area contributed by atoms with E-state index in [2.05, 4.69) is 21.2 Å². The van der Waals surface area contributed by atoms with Crippen molar-refractivity contribution in [1.29, 1.82) is 0 Å². The number of ether oxygens (including phenoxy) is 3. The van der Waals surface area contributed by atoms with Crippen LogP contribution in [0.2, 0.25) is 0 Å². The third-order valence-corrected chi connectivity index (χ3v) is 7.27. The van der Waals surface area contributed by atoms with Crippen LogP contribution in [0.15, 0.2) is 63.4 Å². The molecule has 0 saturated heterocycles. The van der Waals surface area contributed by atoms with E-state index in [1.54, 1.807) is 33.1 Å². The zero-order valence-corrected chi connectivity index (χ0v) is 23.3. The summed E-state index contributed by atoms with van der Waals surface area (Å²) in [6.07, 6.45) is 0.605. The van der Waals surface area contributed by atoms with E-state index in [1.807, 2.05) is 38.1 Å². The number of hydrogen-bond acceptors (Lipinski definition) is 7. The van der Waals surface area contributed by atoms with Gasteiger partial charge in [0.15, 0.2) is 17.3 Å². The molecule has 2 aliphatic rings. The highest BCUT2D eigenvalue weighted by molar-refractivity contribution is 9.10. The van der Waals surface area contributed by atoms with Crippen LogP contribution in [0.1, 0.15) is 63.5 Å². The first-order valence-electron chi connectivity index (χ1n) is 12.4. The number of methoxy groups -OCH3 is 1. The normalized spacial score (nSPS) is 19.5. The van der Waals surface area contributed by atoms with Crippen LogP contribution in [0.3, 0.4) is 0 Å². The maximum atomic E-state index is 13.8. The Morgan fingerprint density at radius 3 is 2.49 bits per heavy atom. The fourth-order valence-corrected chi connectivity index (χ4v) is 5.52. The van der Waals surface area contributed by atoms with E-state index in [1.165, 1.54) is 0 Å². The molecule has 0 aromatic heterocycles. The molecule has 0 saturated carbocycles. The smallest absolute Gasteiger partial charge is 0.337 e. The van der Waals surface area contributed by atoms with Crippen LogP contribution in [0.4, 0.5) is 0 Å².